The number of nitrogens with zero attached hydrogens (tertiary/aromatic N) is 2. The first kappa shape index (κ1) is 24.7. The first-order valence-electron chi connectivity index (χ1n) is 10.5. The van der Waals surface area contributed by atoms with Gasteiger partial charge in [0, 0.05) is 0 Å². The summed E-state index contributed by atoms with van der Waals surface area (Å²) in [6.45, 7) is 4.31. The molecule has 0 unspecified atom stereocenters. The fourth-order valence-electron chi connectivity index (χ4n) is 3.31. The minimum atomic E-state index is 0. The molecule has 1 aromatic heterocycles. The van der Waals surface area contributed by atoms with Crippen molar-refractivity contribution in [2.75, 3.05) is 6.61 Å². The van der Waals surface area contributed by atoms with Crippen LogP contribution in [0.25, 0.3) is 0 Å². The first-order valence-corrected chi connectivity index (χ1v) is 10.5. The Morgan fingerprint density at radius 3 is 1.72 bits per heavy atom. The zero-order valence-electron chi connectivity index (χ0n) is 16.5. The summed E-state index contributed by atoms with van der Waals surface area (Å²) in [4.78, 5) is 0. The lowest BCUT2D eigenvalue weighted by atomic mass is 10.0. The number of hydrogen-bond acceptors (Lipinski definition) is 1. The number of aryl methyl sites for hydroxylation is 1. The van der Waals surface area contributed by atoms with E-state index in [-0.39, 0.29) is 23.6 Å². The maximum atomic E-state index is 8.91. The molecule has 0 spiro atoms. The van der Waals surface area contributed by atoms with Crippen molar-refractivity contribution in [2.24, 2.45) is 0 Å². The highest BCUT2D eigenvalue weighted by Crippen LogP contribution is 2.12. The Kier molecular flexibility index (Phi) is 18.2. The second-order valence-corrected chi connectivity index (χ2v) is 7.21. The lowest BCUT2D eigenvalue weighted by Gasteiger charge is -2.03. The van der Waals surface area contributed by atoms with Crippen molar-refractivity contribution < 1.29 is 26.7 Å². The van der Waals surface area contributed by atoms with Crippen LogP contribution in [0.3, 0.4) is 0 Å². The van der Waals surface area contributed by atoms with Crippen LogP contribution in [0.2, 0.25) is 0 Å². The number of aromatic nitrogens is 2. The lowest BCUT2D eigenvalue weighted by molar-refractivity contribution is -0.696. The van der Waals surface area contributed by atoms with Crippen LogP contribution in [-0.2, 0) is 13.1 Å². The summed E-state index contributed by atoms with van der Waals surface area (Å²) < 4.78 is 4.28. The third-order valence-corrected chi connectivity index (χ3v) is 4.87. The molecule has 0 amide bonds. The Labute approximate surface area is 166 Å². The van der Waals surface area contributed by atoms with E-state index >= 15 is 0 Å². The zero-order valence-corrected chi connectivity index (χ0v) is 18.1. The predicted octanol–water partition coefficient (Wildman–Crippen LogP) is 2.25. The van der Waals surface area contributed by atoms with Crippen molar-refractivity contribution in [3.05, 3.63) is 18.7 Å². The van der Waals surface area contributed by atoms with Gasteiger partial charge in [-0.15, -0.1) is 0 Å². The Hall–Kier alpha value is -0.350. The average molecular weight is 417 g/mol. The monoisotopic (exact) mass is 416 g/mol. The normalized spacial score (nSPS) is 10.8. The Bertz CT molecular complexity index is 382. The van der Waals surface area contributed by atoms with Crippen molar-refractivity contribution in [3.63, 3.8) is 0 Å². The van der Waals surface area contributed by atoms with Crippen LogP contribution in [0.15, 0.2) is 18.7 Å². The van der Waals surface area contributed by atoms with E-state index in [0.717, 1.165) is 6.54 Å². The molecular weight excluding hydrogens is 376 g/mol. The van der Waals surface area contributed by atoms with Crippen LogP contribution >= 0.6 is 0 Å². The van der Waals surface area contributed by atoms with E-state index in [1.54, 1.807) is 0 Å². The lowest BCUT2D eigenvalue weighted by Crippen LogP contribution is -3.00. The standard InChI is InChI=1S/C21H41N2O.BrH/c1-2-3-4-5-6-7-8-9-10-11-12-13-14-15-16-22-17-18-23(21-22)19-20-24;/h17-18,21,24H,2-16,19-20H2,1H3;1H/q+1;/p-1. The fraction of sp³-hybridized carbons (Fsp3) is 0.857. The van der Waals surface area contributed by atoms with Crippen molar-refractivity contribution in [3.8, 4) is 0 Å². The minimum absolute atomic E-state index is 0. The molecule has 4 heteroatoms. The molecule has 148 valence electrons. The molecule has 3 nitrogen and oxygen atoms in total. The Balaban J connectivity index is 0.00000576. The van der Waals surface area contributed by atoms with Crippen LogP contribution < -0.4 is 21.5 Å². The molecule has 0 saturated heterocycles. The second kappa shape index (κ2) is 18.4. The second-order valence-electron chi connectivity index (χ2n) is 7.21. The van der Waals surface area contributed by atoms with Crippen LogP contribution in [0.5, 0.6) is 0 Å². The molecule has 0 aromatic carbocycles. The molecule has 0 aliphatic rings. The average Bonchev–Trinajstić information content (AvgIpc) is 3.03. The summed E-state index contributed by atoms with van der Waals surface area (Å²) in [5.41, 5.74) is 0. The summed E-state index contributed by atoms with van der Waals surface area (Å²) in [5, 5.41) is 8.91. The first-order chi connectivity index (χ1) is 11.9. The highest BCUT2D eigenvalue weighted by Gasteiger charge is 2.02. The van der Waals surface area contributed by atoms with Gasteiger partial charge in [0.2, 0.25) is 6.33 Å². The number of rotatable bonds is 17. The van der Waals surface area contributed by atoms with Crippen LogP contribution in [0.4, 0.5) is 0 Å². The molecule has 0 fully saturated rings. The van der Waals surface area contributed by atoms with Gasteiger partial charge in [0.15, 0.2) is 0 Å². The summed E-state index contributed by atoms with van der Waals surface area (Å²) >= 11 is 0. The van der Waals surface area contributed by atoms with Gasteiger partial charge in [0.25, 0.3) is 0 Å². The highest BCUT2D eigenvalue weighted by atomic mass is 79.9. The number of aliphatic hydroxyl groups is 1. The summed E-state index contributed by atoms with van der Waals surface area (Å²) in [6, 6.07) is 0. The summed E-state index contributed by atoms with van der Waals surface area (Å²) in [7, 11) is 0. The molecule has 0 bridgehead atoms. The predicted molar refractivity (Wildman–Crippen MR) is 102 cm³/mol. The van der Waals surface area contributed by atoms with Crippen molar-refractivity contribution >= 4 is 0 Å². The summed E-state index contributed by atoms with van der Waals surface area (Å²) in [5.74, 6) is 0. The van der Waals surface area contributed by atoms with Crippen molar-refractivity contribution in [1.29, 1.82) is 0 Å². The number of aliphatic hydroxyl groups excluding tert-OH is 1. The highest BCUT2D eigenvalue weighted by molar-refractivity contribution is 4.65. The molecule has 1 heterocycles. The quantitative estimate of drug-likeness (QED) is 0.306. The topological polar surface area (TPSA) is 29.0 Å². The minimum Gasteiger partial charge on any atom is -1.00 e. The number of unbranched alkanes of at least 4 members (excludes halogenated alkanes) is 13. The third-order valence-electron chi connectivity index (χ3n) is 4.87. The van der Waals surface area contributed by atoms with E-state index < -0.39 is 0 Å². The molecular formula is C21H41BrN2O. The van der Waals surface area contributed by atoms with Gasteiger partial charge < -0.3 is 22.1 Å². The largest absolute Gasteiger partial charge is 1.00 e. The van der Waals surface area contributed by atoms with Gasteiger partial charge in [0.05, 0.1) is 13.2 Å². The van der Waals surface area contributed by atoms with Gasteiger partial charge >= 0.3 is 0 Å². The fourth-order valence-corrected chi connectivity index (χ4v) is 3.31. The van der Waals surface area contributed by atoms with Crippen molar-refractivity contribution in [1.82, 2.24) is 4.57 Å². The number of hydrogen-bond donors (Lipinski definition) is 1. The molecule has 1 N–H and O–H groups in total. The van der Waals surface area contributed by atoms with Gasteiger partial charge in [-0.25, -0.2) is 9.13 Å². The van der Waals surface area contributed by atoms with E-state index in [0.29, 0.717) is 6.54 Å². The Morgan fingerprint density at radius 2 is 1.24 bits per heavy atom. The van der Waals surface area contributed by atoms with Gasteiger partial charge in [-0.1, -0.05) is 84.0 Å². The summed E-state index contributed by atoms with van der Waals surface area (Å²) in [6.07, 6.45) is 26.0. The van der Waals surface area contributed by atoms with E-state index in [4.69, 9.17) is 5.11 Å². The zero-order chi connectivity index (χ0) is 17.3. The van der Waals surface area contributed by atoms with E-state index in [1.165, 1.54) is 89.9 Å². The molecule has 0 aliphatic carbocycles. The molecule has 0 aliphatic heterocycles. The van der Waals surface area contributed by atoms with Gasteiger partial charge in [-0.2, -0.15) is 0 Å². The molecule has 0 atom stereocenters. The van der Waals surface area contributed by atoms with Crippen molar-refractivity contribution in [2.45, 2.75) is 110 Å². The van der Waals surface area contributed by atoms with Gasteiger partial charge in [0.1, 0.15) is 18.9 Å². The van der Waals surface area contributed by atoms with E-state index in [1.807, 2.05) is 10.8 Å². The van der Waals surface area contributed by atoms with Crippen LogP contribution in [0, 0.1) is 0 Å². The molecule has 0 radical (unpaired) electrons. The van der Waals surface area contributed by atoms with Gasteiger partial charge in [-0.05, 0) is 12.8 Å². The molecule has 0 saturated carbocycles. The molecule has 25 heavy (non-hydrogen) atoms. The number of imidazole rings is 1. The van der Waals surface area contributed by atoms with Gasteiger partial charge in [-0.3, -0.25) is 0 Å². The van der Waals surface area contributed by atoms with E-state index in [2.05, 4.69) is 24.0 Å². The molecule has 1 aromatic rings. The maximum absolute atomic E-state index is 8.91. The Morgan fingerprint density at radius 1 is 0.760 bits per heavy atom. The smallest absolute Gasteiger partial charge is 0.243 e. The third kappa shape index (κ3) is 14.5. The van der Waals surface area contributed by atoms with E-state index in [9.17, 15) is 0 Å². The maximum Gasteiger partial charge on any atom is 0.243 e. The number of halogens is 1. The van der Waals surface area contributed by atoms with Crippen LogP contribution in [-0.4, -0.2) is 16.3 Å². The molecule has 1 rings (SSSR count). The van der Waals surface area contributed by atoms with Crippen LogP contribution in [0.1, 0.15) is 96.8 Å². The SMILES string of the molecule is CCCCCCCCCCCCCCCC[n+]1ccn(CCO)c1.[Br-].